The summed E-state index contributed by atoms with van der Waals surface area (Å²) < 4.78 is 11.4. The van der Waals surface area contributed by atoms with Gasteiger partial charge in [0, 0.05) is 19.4 Å². The Bertz CT molecular complexity index is 437. The van der Waals surface area contributed by atoms with E-state index in [0.717, 1.165) is 31.5 Å². The first kappa shape index (κ1) is 15.2. The van der Waals surface area contributed by atoms with Gasteiger partial charge in [-0.3, -0.25) is 0 Å². The molecule has 5 heteroatoms. The van der Waals surface area contributed by atoms with Gasteiger partial charge >= 0.3 is 0 Å². The van der Waals surface area contributed by atoms with Crippen molar-refractivity contribution in [1.82, 2.24) is 9.97 Å². The number of methoxy groups -OCH3 is 1. The predicted octanol–water partition coefficient (Wildman–Crippen LogP) is 2.43. The Morgan fingerprint density at radius 3 is 2.75 bits per heavy atom. The lowest BCUT2D eigenvalue weighted by molar-refractivity contribution is 0.0200. The Hall–Kier alpha value is -1.20. The fraction of sp³-hybridized carbons (Fsp3) is 0.733. The molecule has 2 atom stereocenters. The number of ether oxygens (including phenoxy) is 2. The van der Waals surface area contributed by atoms with Crippen LogP contribution in [0.5, 0.6) is 5.75 Å². The molecule has 112 valence electrons. The van der Waals surface area contributed by atoms with Crippen LogP contribution in [0.2, 0.25) is 0 Å². The minimum Gasteiger partial charge on any atom is -0.487 e. The number of nitrogens with zero attached hydrogens (tertiary/aromatic N) is 2. The summed E-state index contributed by atoms with van der Waals surface area (Å²) >= 11 is 0. The van der Waals surface area contributed by atoms with Gasteiger partial charge in [-0.15, -0.1) is 0 Å². The first-order chi connectivity index (χ1) is 9.63. The molecule has 20 heavy (non-hydrogen) atoms. The first-order valence-electron chi connectivity index (χ1n) is 7.30. The van der Waals surface area contributed by atoms with Crippen molar-refractivity contribution in [3.63, 3.8) is 0 Å². The molecular weight excluding hydrogens is 256 g/mol. The number of aliphatic hydroxyl groups is 1. The largest absolute Gasteiger partial charge is 0.487 e. The van der Waals surface area contributed by atoms with Crippen molar-refractivity contribution in [2.45, 2.75) is 64.3 Å². The van der Waals surface area contributed by atoms with Gasteiger partial charge in [-0.1, -0.05) is 13.8 Å². The number of aromatic nitrogens is 2. The van der Waals surface area contributed by atoms with E-state index in [-0.39, 0.29) is 24.7 Å². The molecule has 0 saturated heterocycles. The van der Waals surface area contributed by atoms with E-state index >= 15 is 0 Å². The standard InChI is InChI=1S/C15H24N2O3/c1-10(2)15-16-8-14(13(9-18)17-15)20-12-6-4-5-11(7-12)19-3/h8,10-12,18H,4-7,9H2,1-3H3. The highest BCUT2D eigenvalue weighted by molar-refractivity contribution is 5.25. The van der Waals surface area contributed by atoms with Crippen molar-refractivity contribution in [3.05, 3.63) is 17.7 Å². The minimum absolute atomic E-state index is 0.118. The van der Waals surface area contributed by atoms with E-state index in [1.54, 1.807) is 13.3 Å². The lowest BCUT2D eigenvalue weighted by Crippen LogP contribution is -2.30. The molecule has 1 aliphatic rings. The molecule has 0 amide bonds. The summed E-state index contributed by atoms with van der Waals surface area (Å²) in [5.74, 6) is 1.57. The van der Waals surface area contributed by atoms with Crippen molar-refractivity contribution < 1.29 is 14.6 Å². The maximum Gasteiger partial charge on any atom is 0.161 e. The third-order valence-electron chi connectivity index (χ3n) is 3.72. The lowest BCUT2D eigenvalue weighted by atomic mass is 9.95. The van der Waals surface area contributed by atoms with Gasteiger partial charge in [0.05, 0.1) is 18.9 Å². The molecule has 1 aromatic heterocycles. The Kier molecular flexibility index (Phi) is 5.31. The Balaban J connectivity index is 2.08. The van der Waals surface area contributed by atoms with Crippen molar-refractivity contribution in [3.8, 4) is 5.75 Å². The van der Waals surface area contributed by atoms with Gasteiger partial charge in [0.15, 0.2) is 5.75 Å². The number of hydrogen-bond acceptors (Lipinski definition) is 5. The van der Waals surface area contributed by atoms with Gasteiger partial charge in [0.2, 0.25) is 0 Å². The summed E-state index contributed by atoms with van der Waals surface area (Å²) in [6.45, 7) is 3.93. The highest BCUT2D eigenvalue weighted by Gasteiger charge is 2.24. The zero-order chi connectivity index (χ0) is 14.5. The van der Waals surface area contributed by atoms with E-state index in [9.17, 15) is 5.11 Å². The lowest BCUT2D eigenvalue weighted by Gasteiger charge is -2.29. The average molecular weight is 280 g/mol. The molecular formula is C15H24N2O3. The molecule has 0 bridgehead atoms. The summed E-state index contributed by atoms with van der Waals surface area (Å²) in [5.41, 5.74) is 0.572. The Morgan fingerprint density at radius 1 is 1.35 bits per heavy atom. The van der Waals surface area contributed by atoms with E-state index in [1.165, 1.54) is 0 Å². The molecule has 1 aromatic rings. The van der Waals surface area contributed by atoms with Gasteiger partial charge < -0.3 is 14.6 Å². The second-order valence-electron chi connectivity index (χ2n) is 5.62. The summed E-state index contributed by atoms with van der Waals surface area (Å²) in [6.07, 6.45) is 6.15. The maximum absolute atomic E-state index is 9.46. The van der Waals surface area contributed by atoms with Crippen LogP contribution in [-0.2, 0) is 11.3 Å². The van der Waals surface area contributed by atoms with Crippen molar-refractivity contribution in [2.75, 3.05) is 7.11 Å². The summed E-state index contributed by atoms with van der Waals surface area (Å²) in [4.78, 5) is 8.69. The highest BCUT2D eigenvalue weighted by Crippen LogP contribution is 2.27. The number of rotatable bonds is 5. The normalized spacial score (nSPS) is 23.1. The van der Waals surface area contributed by atoms with Crippen molar-refractivity contribution in [2.24, 2.45) is 0 Å². The van der Waals surface area contributed by atoms with E-state index in [0.29, 0.717) is 11.4 Å². The van der Waals surface area contributed by atoms with Gasteiger partial charge in [0.25, 0.3) is 0 Å². The topological polar surface area (TPSA) is 64.5 Å². The van der Waals surface area contributed by atoms with Gasteiger partial charge in [-0.2, -0.15) is 0 Å². The monoisotopic (exact) mass is 280 g/mol. The van der Waals surface area contributed by atoms with Crippen LogP contribution in [0.15, 0.2) is 6.20 Å². The second-order valence-corrected chi connectivity index (χ2v) is 5.62. The minimum atomic E-state index is -0.127. The molecule has 1 N–H and O–H groups in total. The Morgan fingerprint density at radius 2 is 2.10 bits per heavy atom. The fourth-order valence-electron chi connectivity index (χ4n) is 2.51. The molecule has 1 saturated carbocycles. The summed E-state index contributed by atoms with van der Waals surface area (Å²) in [7, 11) is 1.74. The van der Waals surface area contributed by atoms with Gasteiger partial charge in [-0.25, -0.2) is 9.97 Å². The summed E-state index contributed by atoms with van der Waals surface area (Å²) in [6, 6.07) is 0. The molecule has 0 aliphatic heterocycles. The quantitative estimate of drug-likeness (QED) is 0.897. The molecule has 1 aliphatic carbocycles. The third kappa shape index (κ3) is 3.67. The van der Waals surface area contributed by atoms with Gasteiger partial charge in [-0.05, 0) is 19.3 Å². The number of aliphatic hydroxyl groups excluding tert-OH is 1. The van der Waals surface area contributed by atoms with Crippen LogP contribution in [0.4, 0.5) is 0 Å². The zero-order valence-corrected chi connectivity index (χ0v) is 12.5. The second kappa shape index (κ2) is 6.99. The van der Waals surface area contributed by atoms with Crippen LogP contribution < -0.4 is 4.74 Å². The maximum atomic E-state index is 9.46. The van der Waals surface area contributed by atoms with E-state index in [2.05, 4.69) is 9.97 Å². The highest BCUT2D eigenvalue weighted by atomic mass is 16.5. The molecule has 5 nitrogen and oxygen atoms in total. The van der Waals surface area contributed by atoms with Crippen LogP contribution in [-0.4, -0.2) is 34.4 Å². The van der Waals surface area contributed by atoms with Crippen molar-refractivity contribution >= 4 is 0 Å². The first-order valence-corrected chi connectivity index (χ1v) is 7.30. The molecule has 2 rings (SSSR count). The molecule has 1 fully saturated rings. The zero-order valence-electron chi connectivity index (χ0n) is 12.5. The third-order valence-corrected chi connectivity index (χ3v) is 3.72. The van der Waals surface area contributed by atoms with Crippen LogP contribution >= 0.6 is 0 Å². The molecule has 0 aromatic carbocycles. The van der Waals surface area contributed by atoms with E-state index in [4.69, 9.17) is 9.47 Å². The van der Waals surface area contributed by atoms with Crippen LogP contribution in [0.1, 0.15) is 57.0 Å². The fourth-order valence-corrected chi connectivity index (χ4v) is 2.51. The van der Waals surface area contributed by atoms with Crippen LogP contribution in [0.25, 0.3) is 0 Å². The number of hydrogen-bond donors (Lipinski definition) is 1. The van der Waals surface area contributed by atoms with Crippen LogP contribution in [0, 0.1) is 0 Å². The van der Waals surface area contributed by atoms with Gasteiger partial charge in [0.1, 0.15) is 17.6 Å². The summed E-state index contributed by atoms with van der Waals surface area (Å²) in [5, 5.41) is 9.46. The SMILES string of the molecule is COC1CCCC(Oc2cnc(C(C)C)nc2CO)C1. The Labute approximate surface area is 120 Å². The molecule has 0 radical (unpaired) electrons. The molecule has 1 heterocycles. The average Bonchev–Trinajstić information content (AvgIpc) is 2.47. The van der Waals surface area contributed by atoms with E-state index in [1.807, 2.05) is 13.8 Å². The molecule has 0 spiro atoms. The van der Waals surface area contributed by atoms with E-state index < -0.39 is 0 Å². The smallest absolute Gasteiger partial charge is 0.161 e. The van der Waals surface area contributed by atoms with Crippen LogP contribution in [0.3, 0.4) is 0 Å². The predicted molar refractivity (Wildman–Crippen MR) is 75.7 cm³/mol. The molecule has 2 unspecified atom stereocenters. The van der Waals surface area contributed by atoms with Crippen molar-refractivity contribution in [1.29, 1.82) is 0 Å².